The van der Waals surface area contributed by atoms with Gasteiger partial charge in [-0.25, -0.2) is 0 Å². The zero-order valence-electron chi connectivity index (χ0n) is 50.4. The number of hydrogen-bond acceptors (Lipinski definition) is 6. The maximum absolute atomic E-state index is 12.9. The third-order valence-corrected chi connectivity index (χ3v) is 13.1. The van der Waals surface area contributed by atoms with Gasteiger partial charge in [-0.2, -0.15) is 0 Å². The Labute approximate surface area is 480 Å². The van der Waals surface area contributed by atoms with Crippen molar-refractivity contribution in [2.75, 3.05) is 13.2 Å². The maximum atomic E-state index is 12.9. The average molecular weight is 1080 g/mol. The number of esters is 3. The molecule has 440 valence electrons. The molecule has 0 radical (unpaired) electrons. The van der Waals surface area contributed by atoms with Crippen LogP contribution in [-0.2, 0) is 28.6 Å². The molecule has 0 fully saturated rings. The van der Waals surface area contributed by atoms with Crippen LogP contribution in [0.1, 0.15) is 271 Å². The molecule has 0 amide bonds. The fourth-order valence-electron chi connectivity index (χ4n) is 8.39. The van der Waals surface area contributed by atoms with E-state index in [1.807, 2.05) is 0 Å². The molecule has 0 aromatic rings. The lowest BCUT2D eigenvalue weighted by molar-refractivity contribution is -0.167. The van der Waals surface area contributed by atoms with Crippen LogP contribution in [-0.4, -0.2) is 37.2 Å². The predicted molar refractivity (Wildman–Crippen MR) is 339 cm³/mol. The van der Waals surface area contributed by atoms with E-state index >= 15 is 0 Å². The molecule has 1 unspecified atom stereocenters. The molecule has 0 N–H and O–H groups in total. The molecule has 1 atom stereocenters. The Hall–Kier alpha value is -4.71. The number of unbranched alkanes of at least 4 members (excludes halogenated alkanes) is 21. The van der Waals surface area contributed by atoms with Crippen molar-refractivity contribution in [3.8, 4) is 0 Å². The minimum atomic E-state index is -0.806. The van der Waals surface area contributed by atoms with E-state index < -0.39 is 6.10 Å². The lowest BCUT2D eigenvalue weighted by Crippen LogP contribution is -2.30. The van der Waals surface area contributed by atoms with Crippen LogP contribution >= 0.6 is 0 Å². The lowest BCUT2D eigenvalue weighted by atomic mass is 10.0. The van der Waals surface area contributed by atoms with Gasteiger partial charge >= 0.3 is 17.9 Å². The molecule has 0 aliphatic rings. The van der Waals surface area contributed by atoms with Gasteiger partial charge in [-0.15, -0.1) is 0 Å². The SMILES string of the molecule is CC/C=C\C/C=C\C/C=C\C/C=C\C/C=C\C/C=C\C/C=C\C/C=C\C/C=C\CCCCCC(=O)OCC(COC(=O)CCCCCCCCCCCCCCCC)OC(=O)CCCCCCC/C=C\C/C=C\C/C=C\CC. The number of hydrogen-bond donors (Lipinski definition) is 0. The molecule has 0 saturated heterocycles. The molecule has 0 bridgehead atoms. The van der Waals surface area contributed by atoms with Gasteiger partial charge in [0.2, 0.25) is 0 Å². The summed E-state index contributed by atoms with van der Waals surface area (Å²) in [6.07, 6.45) is 92.8. The largest absolute Gasteiger partial charge is 0.462 e. The second-order valence-electron chi connectivity index (χ2n) is 20.6. The standard InChI is InChI=1S/C72H116O6/c1-4-7-10-13-16-19-22-25-28-29-30-31-32-33-34-35-36-37-38-39-40-41-42-43-45-47-50-53-56-59-62-65-71(74)77-68-69(67-76-70(73)64-61-58-55-52-49-46-27-24-21-18-15-12-9-6-3)78-72(75)66-63-60-57-54-51-48-44-26-23-20-17-14-11-8-5-2/h7-8,10-11,16-17,19-20,25-26,28,30-31,33-34,36-37,39-40,42-44,47,50,69H,4-6,9,12-15,18,21-24,27,29,32,35,38,41,45-46,48-49,51-68H2,1-3H3/b10-7-,11-8-,19-16-,20-17-,28-25-,31-30-,34-33-,37-36-,40-39-,43-42-,44-26-,50-47-. The van der Waals surface area contributed by atoms with Gasteiger partial charge in [0.25, 0.3) is 0 Å². The normalized spacial score (nSPS) is 13.1. The van der Waals surface area contributed by atoms with E-state index in [1.165, 1.54) is 70.6 Å². The second kappa shape index (κ2) is 64.8. The zero-order chi connectivity index (χ0) is 56.4. The van der Waals surface area contributed by atoms with Crippen LogP contribution in [0.2, 0.25) is 0 Å². The van der Waals surface area contributed by atoms with Crippen molar-refractivity contribution in [3.63, 3.8) is 0 Å². The van der Waals surface area contributed by atoms with Crippen LogP contribution < -0.4 is 0 Å². The Balaban J connectivity index is 4.40. The van der Waals surface area contributed by atoms with E-state index in [9.17, 15) is 14.4 Å². The Kier molecular flexibility index (Phi) is 60.9. The Morgan fingerprint density at radius 1 is 0.269 bits per heavy atom. The number of allylic oxidation sites excluding steroid dienone is 24. The van der Waals surface area contributed by atoms with Crippen LogP contribution in [0.4, 0.5) is 0 Å². The molecule has 6 nitrogen and oxygen atoms in total. The second-order valence-corrected chi connectivity index (χ2v) is 20.6. The van der Waals surface area contributed by atoms with Crippen molar-refractivity contribution in [2.45, 2.75) is 277 Å². The van der Waals surface area contributed by atoms with Crippen molar-refractivity contribution in [2.24, 2.45) is 0 Å². The lowest BCUT2D eigenvalue weighted by Gasteiger charge is -2.18. The fourth-order valence-corrected chi connectivity index (χ4v) is 8.39. The van der Waals surface area contributed by atoms with E-state index in [4.69, 9.17) is 14.2 Å². The molecule has 6 heteroatoms. The summed E-state index contributed by atoms with van der Waals surface area (Å²) in [4.78, 5) is 38.3. The summed E-state index contributed by atoms with van der Waals surface area (Å²) in [5, 5.41) is 0. The van der Waals surface area contributed by atoms with Crippen LogP contribution in [0.15, 0.2) is 146 Å². The van der Waals surface area contributed by atoms with Gasteiger partial charge in [0.1, 0.15) is 13.2 Å². The van der Waals surface area contributed by atoms with Gasteiger partial charge in [-0.1, -0.05) is 276 Å². The minimum absolute atomic E-state index is 0.0982. The van der Waals surface area contributed by atoms with E-state index in [-0.39, 0.29) is 31.1 Å². The summed E-state index contributed by atoms with van der Waals surface area (Å²) in [6.45, 7) is 6.38. The van der Waals surface area contributed by atoms with E-state index in [2.05, 4.69) is 167 Å². The Morgan fingerprint density at radius 3 is 0.795 bits per heavy atom. The Morgan fingerprint density at radius 2 is 0.500 bits per heavy atom. The third-order valence-electron chi connectivity index (χ3n) is 13.1. The molecule has 0 aromatic heterocycles. The molecule has 0 heterocycles. The van der Waals surface area contributed by atoms with Crippen molar-refractivity contribution in [1.29, 1.82) is 0 Å². The molecular formula is C72H116O6. The summed E-state index contributed by atoms with van der Waals surface area (Å²) < 4.78 is 16.9. The quantitative estimate of drug-likeness (QED) is 0.0261. The first-order valence-corrected chi connectivity index (χ1v) is 31.8. The van der Waals surface area contributed by atoms with E-state index in [1.54, 1.807) is 0 Å². The number of ether oxygens (including phenoxy) is 3. The molecule has 0 aromatic carbocycles. The van der Waals surface area contributed by atoms with E-state index in [0.29, 0.717) is 19.3 Å². The molecule has 0 saturated carbocycles. The number of carbonyl (C=O) groups excluding carboxylic acids is 3. The summed E-state index contributed by atoms with van der Waals surface area (Å²) in [5.74, 6) is -0.950. The smallest absolute Gasteiger partial charge is 0.306 e. The van der Waals surface area contributed by atoms with Crippen molar-refractivity contribution in [3.05, 3.63) is 146 Å². The first-order valence-electron chi connectivity index (χ1n) is 31.8. The first kappa shape index (κ1) is 73.3. The predicted octanol–water partition coefficient (Wildman–Crippen LogP) is 21.9. The highest BCUT2D eigenvalue weighted by Crippen LogP contribution is 2.15. The van der Waals surface area contributed by atoms with Crippen LogP contribution in [0.3, 0.4) is 0 Å². The highest BCUT2D eigenvalue weighted by molar-refractivity contribution is 5.71. The van der Waals surface area contributed by atoms with Crippen molar-refractivity contribution in [1.82, 2.24) is 0 Å². The van der Waals surface area contributed by atoms with Gasteiger partial charge in [0.15, 0.2) is 6.10 Å². The fraction of sp³-hybridized carbons (Fsp3) is 0.625. The summed E-state index contributed by atoms with van der Waals surface area (Å²) in [5.41, 5.74) is 0. The topological polar surface area (TPSA) is 78.9 Å². The molecule has 0 rings (SSSR count). The van der Waals surface area contributed by atoms with Gasteiger partial charge in [0.05, 0.1) is 0 Å². The van der Waals surface area contributed by atoms with Crippen molar-refractivity contribution < 1.29 is 28.6 Å². The van der Waals surface area contributed by atoms with Gasteiger partial charge in [-0.05, 0) is 122 Å². The monoisotopic (exact) mass is 1080 g/mol. The molecule has 0 aliphatic carbocycles. The van der Waals surface area contributed by atoms with Crippen molar-refractivity contribution >= 4 is 17.9 Å². The highest BCUT2D eigenvalue weighted by Gasteiger charge is 2.19. The van der Waals surface area contributed by atoms with E-state index in [0.717, 1.165) is 161 Å². The van der Waals surface area contributed by atoms with Gasteiger partial charge in [0, 0.05) is 19.3 Å². The molecular weight excluding hydrogens is 961 g/mol. The van der Waals surface area contributed by atoms with Crippen LogP contribution in [0.25, 0.3) is 0 Å². The molecule has 78 heavy (non-hydrogen) atoms. The number of carbonyl (C=O) groups is 3. The summed E-state index contributed by atoms with van der Waals surface area (Å²) in [7, 11) is 0. The van der Waals surface area contributed by atoms with Gasteiger partial charge in [-0.3, -0.25) is 14.4 Å². The molecule has 0 aliphatic heterocycles. The molecule has 0 spiro atoms. The highest BCUT2D eigenvalue weighted by atomic mass is 16.6. The minimum Gasteiger partial charge on any atom is -0.462 e. The Bertz CT molecular complexity index is 1710. The third kappa shape index (κ3) is 62.1. The number of rotatable bonds is 56. The zero-order valence-corrected chi connectivity index (χ0v) is 50.4. The summed E-state index contributed by atoms with van der Waals surface area (Å²) in [6, 6.07) is 0. The average Bonchev–Trinajstić information content (AvgIpc) is 3.44. The van der Waals surface area contributed by atoms with Crippen LogP contribution in [0.5, 0.6) is 0 Å². The van der Waals surface area contributed by atoms with Crippen LogP contribution in [0, 0.1) is 0 Å². The van der Waals surface area contributed by atoms with Gasteiger partial charge < -0.3 is 14.2 Å². The first-order chi connectivity index (χ1) is 38.5. The maximum Gasteiger partial charge on any atom is 0.306 e. The summed E-state index contributed by atoms with van der Waals surface area (Å²) >= 11 is 0.